The quantitative estimate of drug-likeness (QED) is 0.678. The summed E-state index contributed by atoms with van der Waals surface area (Å²) in [7, 11) is 4.30. The Morgan fingerprint density at radius 2 is 1.89 bits per heavy atom. The summed E-state index contributed by atoms with van der Waals surface area (Å²) in [5, 5.41) is 0. The Labute approximate surface area is 112 Å². The molecule has 0 unspecified atom stereocenters. The van der Waals surface area contributed by atoms with Crippen molar-refractivity contribution in [2.45, 2.75) is 6.54 Å². The van der Waals surface area contributed by atoms with Crippen LogP contribution in [0, 0.1) is 0 Å². The van der Waals surface area contributed by atoms with Gasteiger partial charge in [0, 0.05) is 31.3 Å². The van der Waals surface area contributed by atoms with E-state index < -0.39 is 20.3 Å². The van der Waals surface area contributed by atoms with E-state index in [1.165, 1.54) is 29.6 Å². The predicted octanol–water partition coefficient (Wildman–Crippen LogP) is -0.998. The van der Waals surface area contributed by atoms with Crippen molar-refractivity contribution in [1.29, 1.82) is 0 Å². The molecule has 0 spiro atoms. The summed E-state index contributed by atoms with van der Waals surface area (Å²) in [5.41, 5.74) is -0.639. The van der Waals surface area contributed by atoms with Gasteiger partial charge in [-0.2, -0.15) is 0 Å². The summed E-state index contributed by atoms with van der Waals surface area (Å²) < 4.78 is 25.4. The van der Waals surface area contributed by atoms with E-state index in [1.807, 2.05) is 0 Å². The van der Waals surface area contributed by atoms with Crippen LogP contribution in [0.25, 0.3) is 11.2 Å². The topological polar surface area (TPSA) is 96.0 Å². The van der Waals surface area contributed by atoms with Crippen LogP contribution in [0.5, 0.6) is 0 Å². The lowest BCUT2D eigenvalue weighted by molar-refractivity contribution is 0.603. The number of fused-ring (bicyclic) bond motifs is 1. The number of hydrogen-bond acceptors (Lipinski definition) is 5. The van der Waals surface area contributed by atoms with E-state index in [2.05, 4.69) is 4.98 Å². The van der Waals surface area contributed by atoms with Gasteiger partial charge in [-0.3, -0.25) is 13.9 Å². The molecule has 19 heavy (non-hydrogen) atoms. The van der Waals surface area contributed by atoms with Crippen LogP contribution in [0.15, 0.2) is 15.9 Å². The zero-order chi connectivity index (χ0) is 14.4. The molecular formula is C9H11ClN4O4S. The summed E-state index contributed by atoms with van der Waals surface area (Å²) >= 11 is 0. The molecule has 0 aliphatic carbocycles. The first-order valence-corrected chi connectivity index (χ1v) is 7.73. The van der Waals surface area contributed by atoms with E-state index in [4.69, 9.17) is 10.7 Å². The van der Waals surface area contributed by atoms with Crippen LogP contribution in [0.3, 0.4) is 0 Å². The molecule has 10 heteroatoms. The molecule has 0 saturated heterocycles. The number of halogens is 1. The molecule has 0 fully saturated rings. The smallest absolute Gasteiger partial charge is 0.324 e. The van der Waals surface area contributed by atoms with Gasteiger partial charge in [-0.25, -0.2) is 18.2 Å². The number of aryl methyl sites for hydroxylation is 2. The van der Waals surface area contributed by atoms with Gasteiger partial charge in [0.05, 0.1) is 12.1 Å². The van der Waals surface area contributed by atoms with Crippen molar-refractivity contribution < 1.29 is 8.42 Å². The third kappa shape index (κ3) is 2.43. The molecule has 2 aromatic heterocycles. The Hall–Kier alpha value is -1.61. The van der Waals surface area contributed by atoms with E-state index in [0.29, 0.717) is 0 Å². The van der Waals surface area contributed by atoms with Crippen LogP contribution in [0.4, 0.5) is 0 Å². The van der Waals surface area contributed by atoms with Gasteiger partial charge < -0.3 is 4.57 Å². The van der Waals surface area contributed by atoms with Gasteiger partial charge in [0.15, 0.2) is 11.2 Å². The highest BCUT2D eigenvalue weighted by atomic mass is 35.7. The fraction of sp³-hybridized carbons (Fsp3) is 0.444. The second-order valence-electron chi connectivity index (χ2n) is 4.06. The highest BCUT2D eigenvalue weighted by Crippen LogP contribution is 2.07. The van der Waals surface area contributed by atoms with Crippen molar-refractivity contribution in [2.24, 2.45) is 14.1 Å². The molecule has 2 heterocycles. The van der Waals surface area contributed by atoms with Crippen LogP contribution < -0.4 is 11.2 Å². The predicted molar refractivity (Wildman–Crippen MR) is 69.9 cm³/mol. The first-order chi connectivity index (χ1) is 8.72. The number of rotatable bonds is 3. The van der Waals surface area contributed by atoms with Crippen molar-refractivity contribution in [1.82, 2.24) is 18.7 Å². The molecule has 104 valence electrons. The number of imidazole rings is 1. The highest BCUT2D eigenvalue weighted by Gasteiger charge is 2.15. The molecule has 0 N–H and O–H groups in total. The second-order valence-corrected chi connectivity index (χ2v) is 6.96. The summed E-state index contributed by atoms with van der Waals surface area (Å²) in [5.74, 6) is -0.327. The largest absolute Gasteiger partial charge is 0.332 e. The van der Waals surface area contributed by atoms with Gasteiger partial charge in [0.2, 0.25) is 9.05 Å². The minimum atomic E-state index is -3.66. The molecule has 0 bridgehead atoms. The van der Waals surface area contributed by atoms with Gasteiger partial charge in [-0.1, -0.05) is 0 Å². The molecule has 2 aromatic rings. The molecule has 0 saturated carbocycles. The Bertz CT molecular complexity index is 861. The standard InChI is InChI=1S/C9H11ClN4O4S/c1-12-7-6(8(15)13(2)9(12)16)14(5-11-7)3-4-19(10,17)18/h5H,3-4H2,1-2H3. The van der Waals surface area contributed by atoms with E-state index >= 15 is 0 Å². The average Bonchev–Trinajstić information content (AvgIpc) is 2.74. The van der Waals surface area contributed by atoms with Crippen molar-refractivity contribution >= 4 is 30.9 Å². The SMILES string of the molecule is Cn1c(=O)c2c(ncn2CCS(=O)(=O)Cl)n(C)c1=O. The van der Waals surface area contributed by atoms with Crippen molar-refractivity contribution in [3.63, 3.8) is 0 Å². The normalized spacial score (nSPS) is 12.2. The Kier molecular flexibility index (Phi) is 3.27. The third-order valence-electron chi connectivity index (χ3n) is 2.79. The lowest BCUT2D eigenvalue weighted by Crippen LogP contribution is -2.37. The number of hydrogen-bond donors (Lipinski definition) is 0. The minimum absolute atomic E-state index is 0.00419. The number of nitrogens with zero attached hydrogens (tertiary/aromatic N) is 4. The van der Waals surface area contributed by atoms with E-state index in [-0.39, 0.29) is 23.5 Å². The average molecular weight is 307 g/mol. The maximum absolute atomic E-state index is 12.0. The monoisotopic (exact) mass is 306 g/mol. The van der Waals surface area contributed by atoms with Crippen molar-refractivity contribution in [2.75, 3.05) is 5.75 Å². The molecule has 0 radical (unpaired) electrons. The second kappa shape index (κ2) is 4.49. The van der Waals surface area contributed by atoms with Crippen LogP contribution in [0.1, 0.15) is 0 Å². The maximum atomic E-state index is 12.0. The lowest BCUT2D eigenvalue weighted by atomic mass is 10.5. The molecule has 0 atom stereocenters. The third-order valence-corrected chi connectivity index (χ3v) is 3.93. The lowest BCUT2D eigenvalue weighted by Gasteiger charge is -2.05. The molecule has 0 amide bonds. The summed E-state index contributed by atoms with van der Waals surface area (Å²) in [6.07, 6.45) is 1.31. The Balaban J connectivity index is 2.67. The minimum Gasteiger partial charge on any atom is -0.324 e. The van der Waals surface area contributed by atoms with Crippen LogP contribution in [-0.2, 0) is 29.7 Å². The van der Waals surface area contributed by atoms with E-state index in [0.717, 1.165) is 4.57 Å². The molecule has 0 aliphatic heterocycles. The summed E-state index contributed by atoms with van der Waals surface area (Å²) in [4.78, 5) is 27.7. The molecular weight excluding hydrogens is 296 g/mol. The van der Waals surface area contributed by atoms with Gasteiger partial charge in [0.25, 0.3) is 5.56 Å². The molecule has 0 aliphatic rings. The summed E-state index contributed by atoms with van der Waals surface area (Å²) in [6, 6.07) is 0. The molecule has 2 rings (SSSR count). The zero-order valence-electron chi connectivity index (χ0n) is 10.2. The van der Waals surface area contributed by atoms with Crippen molar-refractivity contribution in [3.8, 4) is 0 Å². The van der Waals surface area contributed by atoms with Crippen molar-refractivity contribution in [3.05, 3.63) is 27.2 Å². The van der Waals surface area contributed by atoms with E-state index in [9.17, 15) is 18.0 Å². The first-order valence-electron chi connectivity index (χ1n) is 5.25. The molecule has 0 aromatic carbocycles. The van der Waals surface area contributed by atoms with Crippen LogP contribution in [0.2, 0.25) is 0 Å². The summed E-state index contributed by atoms with van der Waals surface area (Å²) in [6.45, 7) is -0.00419. The number of aromatic nitrogens is 4. The van der Waals surface area contributed by atoms with Gasteiger partial charge >= 0.3 is 5.69 Å². The van der Waals surface area contributed by atoms with Crippen LogP contribution in [-0.4, -0.2) is 32.9 Å². The maximum Gasteiger partial charge on any atom is 0.332 e. The van der Waals surface area contributed by atoms with Gasteiger partial charge in [-0.15, -0.1) is 0 Å². The zero-order valence-corrected chi connectivity index (χ0v) is 11.8. The first kappa shape index (κ1) is 13.8. The fourth-order valence-corrected chi connectivity index (χ4v) is 2.40. The molecule has 8 nitrogen and oxygen atoms in total. The Morgan fingerprint density at radius 3 is 2.47 bits per heavy atom. The van der Waals surface area contributed by atoms with Crippen LogP contribution >= 0.6 is 10.7 Å². The Morgan fingerprint density at radius 1 is 1.26 bits per heavy atom. The van der Waals surface area contributed by atoms with Gasteiger partial charge in [0.1, 0.15) is 0 Å². The van der Waals surface area contributed by atoms with E-state index in [1.54, 1.807) is 0 Å². The highest BCUT2D eigenvalue weighted by molar-refractivity contribution is 8.13. The fourth-order valence-electron chi connectivity index (χ4n) is 1.77. The van der Waals surface area contributed by atoms with Gasteiger partial charge in [-0.05, 0) is 0 Å².